The smallest absolute Gasteiger partial charge is 0.317 e. The van der Waals surface area contributed by atoms with Crippen LogP contribution in [-0.2, 0) is 42.7 Å². The third-order valence-electron chi connectivity index (χ3n) is 10.0. The molecular weight excluding hydrogens is 492 g/mol. The molecular formula is C29H42O9. The molecule has 6 rings (SSSR count). The van der Waals surface area contributed by atoms with Gasteiger partial charge in [0.25, 0.3) is 5.95 Å². The molecule has 9 nitrogen and oxygen atoms in total. The topological polar surface area (TPSA) is 109 Å². The lowest BCUT2D eigenvalue weighted by atomic mass is 9.74. The van der Waals surface area contributed by atoms with Gasteiger partial charge in [0, 0.05) is 6.61 Å². The number of fused-ring (bicyclic) bond motifs is 3. The largest absolute Gasteiger partial charge is 0.465 e. The van der Waals surface area contributed by atoms with Crippen LogP contribution in [0.5, 0.6) is 0 Å². The van der Waals surface area contributed by atoms with Gasteiger partial charge in [-0.1, -0.05) is 0 Å². The monoisotopic (exact) mass is 534 g/mol. The van der Waals surface area contributed by atoms with Gasteiger partial charge in [-0.15, -0.1) is 0 Å². The van der Waals surface area contributed by atoms with Gasteiger partial charge in [0.1, 0.15) is 6.61 Å². The Kier molecular flexibility index (Phi) is 6.81. The van der Waals surface area contributed by atoms with Crippen molar-refractivity contribution < 1.29 is 42.7 Å². The van der Waals surface area contributed by atoms with E-state index < -0.39 is 23.8 Å². The Bertz CT molecular complexity index is 968. The predicted molar refractivity (Wildman–Crippen MR) is 134 cm³/mol. The molecule has 212 valence electrons. The molecule has 38 heavy (non-hydrogen) atoms. The van der Waals surface area contributed by atoms with Gasteiger partial charge in [-0.3, -0.25) is 9.59 Å². The third kappa shape index (κ3) is 5.49. The molecule has 6 aliphatic rings. The maximum atomic E-state index is 13.1. The van der Waals surface area contributed by atoms with E-state index in [1.165, 1.54) is 0 Å². The van der Waals surface area contributed by atoms with Gasteiger partial charge < -0.3 is 33.2 Å². The van der Waals surface area contributed by atoms with Crippen molar-refractivity contribution in [2.75, 3.05) is 26.4 Å². The number of hydrogen-bond donors (Lipinski definition) is 0. The molecule has 0 spiro atoms. The minimum atomic E-state index is -0.658. The van der Waals surface area contributed by atoms with Gasteiger partial charge in [0.2, 0.25) is 0 Å². The molecule has 3 aliphatic carbocycles. The van der Waals surface area contributed by atoms with Crippen LogP contribution >= 0.6 is 0 Å². The van der Waals surface area contributed by atoms with Crippen LogP contribution in [0, 0.1) is 23.7 Å². The van der Waals surface area contributed by atoms with E-state index in [4.69, 9.17) is 33.2 Å². The minimum Gasteiger partial charge on any atom is -0.465 e. The van der Waals surface area contributed by atoms with Crippen LogP contribution in [0.3, 0.4) is 0 Å². The number of epoxide rings is 3. The summed E-state index contributed by atoms with van der Waals surface area (Å²) in [4.78, 5) is 26.1. The molecule has 0 aromatic carbocycles. The first-order valence-electron chi connectivity index (χ1n) is 14.4. The highest BCUT2D eigenvalue weighted by Gasteiger charge is 2.62. The van der Waals surface area contributed by atoms with Crippen LogP contribution < -0.4 is 0 Å². The minimum absolute atomic E-state index is 0.0229. The van der Waals surface area contributed by atoms with Gasteiger partial charge in [-0.25, -0.2) is 0 Å². The first-order valence-corrected chi connectivity index (χ1v) is 14.4. The Balaban J connectivity index is 0.927. The summed E-state index contributed by atoms with van der Waals surface area (Å²) in [5, 5.41) is 0. The quantitative estimate of drug-likeness (QED) is 0.170. The van der Waals surface area contributed by atoms with Gasteiger partial charge in [-0.2, -0.15) is 0 Å². The Morgan fingerprint density at radius 3 is 2.03 bits per heavy atom. The van der Waals surface area contributed by atoms with Crippen LogP contribution in [0.1, 0.15) is 72.1 Å². The molecule has 3 saturated carbocycles. The Hall–Kier alpha value is -1.68. The third-order valence-corrected chi connectivity index (χ3v) is 10.0. The van der Waals surface area contributed by atoms with Gasteiger partial charge in [0.05, 0.1) is 60.2 Å². The molecule has 6 fully saturated rings. The van der Waals surface area contributed by atoms with Crippen molar-refractivity contribution in [1.29, 1.82) is 0 Å². The van der Waals surface area contributed by atoms with Gasteiger partial charge in [0.15, 0.2) is 0 Å². The van der Waals surface area contributed by atoms with Crippen LogP contribution in [0.25, 0.3) is 0 Å². The van der Waals surface area contributed by atoms with E-state index >= 15 is 0 Å². The highest BCUT2D eigenvalue weighted by Crippen LogP contribution is 2.53. The molecule has 0 bridgehead atoms. The van der Waals surface area contributed by atoms with E-state index in [0.29, 0.717) is 56.7 Å². The van der Waals surface area contributed by atoms with Crippen molar-refractivity contribution in [2.45, 2.75) is 107 Å². The lowest BCUT2D eigenvalue weighted by Crippen LogP contribution is -2.40. The Morgan fingerprint density at radius 2 is 1.37 bits per heavy atom. The highest BCUT2D eigenvalue weighted by molar-refractivity contribution is 5.83. The zero-order valence-corrected chi connectivity index (χ0v) is 22.9. The first kappa shape index (κ1) is 26.5. The van der Waals surface area contributed by atoms with E-state index in [9.17, 15) is 9.59 Å². The van der Waals surface area contributed by atoms with Gasteiger partial charge in [-0.05, 0) is 90.6 Å². The second kappa shape index (κ2) is 9.75. The molecule has 9 heteroatoms. The highest BCUT2D eigenvalue weighted by atomic mass is 16.7. The lowest BCUT2D eigenvalue weighted by molar-refractivity contribution is -0.164. The van der Waals surface area contributed by atoms with Crippen molar-refractivity contribution >= 4 is 11.9 Å². The number of ether oxygens (including phenoxy) is 7. The number of carbonyl (C=O) groups is 2. The summed E-state index contributed by atoms with van der Waals surface area (Å²) in [6.07, 6.45) is 7.67. The van der Waals surface area contributed by atoms with Gasteiger partial charge >= 0.3 is 11.9 Å². The molecule has 3 aliphatic heterocycles. The van der Waals surface area contributed by atoms with Crippen LogP contribution in [0.4, 0.5) is 0 Å². The zero-order valence-electron chi connectivity index (χ0n) is 22.9. The van der Waals surface area contributed by atoms with Crippen molar-refractivity contribution in [3.8, 4) is 0 Å². The molecule has 0 N–H and O–H groups in total. The number of esters is 2. The SMILES string of the molecule is C=C(OCC1CCC2(C)OC2C1)OC(=O)C1CC2OC2(C)CC1C(=O)OCCOCC1CCC2(C)OC2C1. The summed E-state index contributed by atoms with van der Waals surface area (Å²) in [6.45, 7) is 11.7. The number of carbonyl (C=O) groups excluding carboxylic acids is 2. The standard InChI is InChI=1S/C29H42O9/c1-17(34-16-19-6-8-28(3)23(12-19)37-28)35-26(31)20-13-24-29(4,38-24)14-21(20)25(30)33-10-9-32-15-18-5-7-27(2)22(11-18)36-27/h18-24H,1,5-16H2,2-4H3. The molecule has 0 amide bonds. The fourth-order valence-electron chi connectivity index (χ4n) is 6.98. The summed E-state index contributed by atoms with van der Waals surface area (Å²) in [5.41, 5.74) is -0.224. The van der Waals surface area contributed by atoms with Crippen LogP contribution in [-0.4, -0.2) is 73.5 Å². The normalized spacial score (nSPS) is 46.0. The summed E-state index contributed by atoms with van der Waals surface area (Å²) in [5.74, 6) is -1.40. The Morgan fingerprint density at radius 1 is 0.763 bits per heavy atom. The molecule has 0 aromatic heterocycles. The summed E-state index contributed by atoms with van der Waals surface area (Å²) in [7, 11) is 0. The van der Waals surface area contributed by atoms with E-state index in [1.807, 2.05) is 6.92 Å². The summed E-state index contributed by atoms with van der Waals surface area (Å²) >= 11 is 0. The second-order valence-electron chi connectivity index (χ2n) is 13.0. The van der Waals surface area contributed by atoms with E-state index in [2.05, 4.69) is 20.4 Å². The zero-order chi connectivity index (χ0) is 26.7. The Labute approximate surface area is 224 Å². The molecule has 0 radical (unpaired) electrons. The first-order chi connectivity index (χ1) is 18.1. The van der Waals surface area contributed by atoms with Crippen molar-refractivity contribution in [3.05, 3.63) is 12.5 Å². The van der Waals surface area contributed by atoms with Crippen molar-refractivity contribution in [3.63, 3.8) is 0 Å². The second-order valence-corrected chi connectivity index (χ2v) is 13.0. The average molecular weight is 535 g/mol. The number of rotatable bonds is 11. The molecule has 3 heterocycles. The molecule has 10 atom stereocenters. The summed E-state index contributed by atoms with van der Waals surface area (Å²) < 4.78 is 39.8. The molecule has 10 unspecified atom stereocenters. The molecule has 3 saturated heterocycles. The fraction of sp³-hybridized carbons (Fsp3) is 0.862. The van der Waals surface area contributed by atoms with E-state index in [0.717, 1.165) is 38.5 Å². The predicted octanol–water partition coefficient (Wildman–Crippen LogP) is 3.68. The van der Waals surface area contributed by atoms with Crippen LogP contribution in [0.15, 0.2) is 12.5 Å². The molecule has 0 aromatic rings. The lowest BCUT2D eigenvalue weighted by Gasteiger charge is -2.29. The summed E-state index contributed by atoms with van der Waals surface area (Å²) in [6, 6.07) is 0. The number of hydrogen-bond acceptors (Lipinski definition) is 9. The fourth-order valence-corrected chi connectivity index (χ4v) is 6.98. The van der Waals surface area contributed by atoms with Crippen molar-refractivity contribution in [2.24, 2.45) is 23.7 Å². The van der Waals surface area contributed by atoms with Crippen LogP contribution in [0.2, 0.25) is 0 Å². The maximum Gasteiger partial charge on any atom is 0.317 e. The maximum absolute atomic E-state index is 13.1. The average Bonchev–Trinajstić information content (AvgIpc) is 3.80. The van der Waals surface area contributed by atoms with E-state index in [-0.39, 0.29) is 35.5 Å². The van der Waals surface area contributed by atoms with E-state index in [1.54, 1.807) is 0 Å². The van der Waals surface area contributed by atoms with Crippen molar-refractivity contribution in [1.82, 2.24) is 0 Å².